The van der Waals surface area contributed by atoms with Gasteiger partial charge in [-0.05, 0) is 109 Å². The van der Waals surface area contributed by atoms with E-state index in [4.69, 9.17) is 9.47 Å². The molecule has 0 atom stereocenters. The van der Waals surface area contributed by atoms with E-state index in [1.54, 1.807) is 21.9 Å². The third-order valence-electron chi connectivity index (χ3n) is 6.12. The van der Waals surface area contributed by atoms with Gasteiger partial charge in [0.05, 0.1) is 10.2 Å². The summed E-state index contributed by atoms with van der Waals surface area (Å²) >= 11 is 3.11. The zero-order chi connectivity index (χ0) is 33.8. The van der Waals surface area contributed by atoms with Crippen molar-refractivity contribution in [2.24, 2.45) is 0 Å². The predicted octanol–water partition coefficient (Wildman–Crippen LogP) is 6.21. The number of nitro groups is 2. The number of amides is 2. The Morgan fingerprint density at radius 3 is 1.53 bits per heavy atom. The molecule has 0 radical (unpaired) electrons. The van der Waals surface area contributed by atoms with Crippen molar-refractivity contribution < 1.29 is 28.9 Å². The molecular weight excluding hydrogens is 654 g/mol. The second-order valence-electron chi connectivity index (χ2n) is 12.2. The summed E-state index contributed by atoms with van der Waals surface area (Å²) in [6.45, 7) is 15.3. The topological polar surface area (TPSA) is 174 Å². The number of ether oxygens (including phenoxy) is 2. The van der Waals surface area contributed by atoms with Crippen molar-refractivity contribution in [3.63, 3.8) is 0 Å². The number of halogens is 1. The van der Waals surface area contributed by atoms with Crippen LogP contribution in [0.2, 0.25) is 0 Å². The lowest BCUT2D eigenvalue weighted by atomic mass is 10.1. The lowest BCUT2D eigenvalue weighted by molar-refractivity contribution is -0.389. The molecule has 4 rings (SSSR count). The van der Waals surface area contributed by atoms with E-state index in [9.17, 15) is 29.8 Å². The largest absolute Gasteiger partial charge is 0.444 e. The summed E-state index contributed by atoms with van der Waals surface area (Å²) in [4.78, 5) is 55.9. The lowest BCUT2D eigenvalue weighted by Gasteiger charge is -2.36. The molecule has 0 N–H and O–H groups in total. The first-order valence-corrected chi connectivity index (χ1v) is 15.3. The molecule has 2 fully saturated rings. The molecular formula is C29H42BrN7O8. The van der Waals surface area contributed by atoms with Crippen molar-refractivity contribution in [2.75, 3.05) is 44.2 Å². The molecule has 16 heteroatoms. The summed E-state index contributed by atoms with van der Waals surface area (Å²) in [6.07, 6.45) is 5.86. The van der Waals surface area contributed by atoms with E-state index in [0.29, 0.717) is 26.2 Å². The Kier molecular flexibility index (Phi) is 13.9. The van der Waals surface area contributed by atoms with E-state index in [1.807, 2.05) is 46.4 Å². The molecule has 2 amide bonds. The second kappa shape index (κ2) is 16.8. The number of pyridine rings is 2. The molecule has 2 aromatic rings. The van der Waals surface area contributed by atoms with Gasteiger partial charge in [-0.15, -0.1) is 0 Å². The summed E-state index contributed by atoms with van der Waals surface area (Å²) in [5.74, 6) is -0.306. The van der Waals surface area contributed by atoms with Gasteiger partial charge in [0.25, 0.3) is 0 Å². The number of hydrogen-bond acceptors (Lipinski definition) is 11. The van der Waals surface area contributed by atoms with Gasteiger partial charge in [-0.25, -0.2) is 9.59 Å². The zero-order valence-electron chi connectivity index (χ0n) is 26.6. The van der Waals surface area contributed by atoms with Gasteiger partial charge in [0.15, 0.2) is 12.4 Å². The molecule has 0 aliphatic carbocycles. The van der Waals surface area contributed by atoms with Crippen molar-refractivity contribution in [1.82, 2.24) is 19.8 Å². The van der Waals surface area contributed by atoms with Crippen LogP contribution in [0.15, 0.2) is 41.1 Å². The smallest absolute Gasteiger partial charge is 0.410 e. The van der Waals surface area contributed by atoms with Crippen LogP contribution in [0.3, 0.4) is 0 Å². The minimum absolute atomic E-state index is 0.136. The molecule has 248 valence electrons. The van der Waals surface area contributed by atoms with Gasteiger partial charge in [-0.3, -0.25) is 0 Å². The lowest BCUT2D eigenvalue weighted by Crippen LogP contribution is -2.50. The molecule has 2 aliphatic rings. The molecule has 15 nitrogen and oxygen atoms in total. The van der Waals surface area contributed by atoms with Gasteiger partial charge < -0.3 is 44.4 Å². The summed E-state index contributed by atoms with van der Waals surface area (Å²) in [5.41, 5.74) is -0.0557. The maximum atomic E-state index is 12.0. The van der Waals surface area contributed by atoms with Crippen molar-refractivity contribution in [3.8, 4) is 0 Å². The number of hydrogen-bond donors (Lipinski definition) is 0. The molecule has 0 spiro atoms. The molecule has 2 aromatic heterocycles. The molecule has 0 bridgehead atoms. The Hall–Kier alpha value is -4.08. The highest BCUT2D eigenvalue weighted by Gasteiger charge is 2.27. The Labute approximate surface area is 271 Å². The van der Waals surface area contributed by atoms with Gasteiger partial charge in [0.2, 0.25) is 0 Å². The molecule has 45 heavy (non-hydrogen) atoms. The Bertz CT molecular complexity index is 1270. The average molecular weight is 697 g/mol. The highest BCUT2D eigenvalue weighted by Crippen LogP contribution is 2.19. The minimum Gasteiger partial charge on any atom is -0.444 e. The van der Waals surface area contributed by atoms with Gasteiger partial charge in [-0.2, -0.15) is 0 Å². The number of likely N-dealkylation sites (tertiary alicyclic amines) is 1. The molecule has 0 aromatic carbocycles. The van der Waals surface area contributed by atoms with Crippen LogP contribution in [-0.4, -0.2) is 92.3 Å². The van der Waals surface area contributed by atoms with Gasteiger partial charge in [-0.1, -0.05) is 0 Å². The maximum absolute atomic E-state index is 12.0. The van der Waals surface area contributed by atoms with Gasteiger partial charge >= 0.3 is 23.8 Å². The summed E-state index contributed by atoms with van der Waals surface area (Å²) < 4.78 is 11.3. The predicted molar refractivity (Wildman–Crippen MR) is 171 cm³/mol. The SMILES string of the molecule is CC(C)(C)OC(=O)N1CCCCC1.CC(C)(C)OC(=O)N1CCN(c2ccc([N+](=O)[O-])nc2)CC1.O=[N+]([O-])c1ccc(Br)cn1. The number of aromatic nitrogens is 2. The second-order valence-corrected chi connectivity index (χ2v) is 13.1. The number of nitrogens with zero attached hydrogens (tertiary/aromatic N) is 7. The highest BCUT2D eigenvalue weighted by molar-refractivity contribution is 9.10. The van der Waals surface area contributed by atoms with Crippen LogP contribution in [0.1, 0.15) is 60.8 Å². The number of rotatable bonds is 3. The number of piperazine rings is 1. The van der Waals surface area contributed by atoms with Crippen LogP contribution < -0.4 is 4.90 Å². The van der Waals surface area contributed by atoms with E-state index >= 15 is 0 Å². The van der Waals surface area contributed by atoms with E-state index in [0.717, 1.165) is 36.1 Å². The maximum Gasteiger partial charge on any atom is 0.410 e. The Balaban J connectivity index is 0.000000259. The zero-order valence-corrected chi connectivity index (χ0v) is 28.2. The fraction of sp³-hybridized carbons (Fsp3) is 0.586. The van der Waals surface area contributed by atoms with Crippen LogP contribution in [0.5, 0.6) is 0 Å². The van der Waals surface area contributed by atoms with E-state index < -0.39 is 15.4 Å². The molecule has 2 saturated heterocycles. The van der Waals surface area contributed by atoms with Crippen molar-refractivity contribution in [2.45, 2.75) is 72.0 Å². The van der Waals surface area contributed by atoms with Crippen LogP contribution in [-0.2, 0) is 9.47 Å². The first-order chi connectivity index (χ1) is 20.9. The number of carbonyl (C=O) groups is 2. The van der Waals surface area contributed by atoms with E-state index in [-0.39, 0.29) is 29.4 Å². The van der Waals surface area contributed by atoms with Gasteiger partial charge in [0.1, 0.15) is 11.2 Å². The van der Waals surface area contributed by atoms with Gasteiger partial charge in [0, 0.05) is 51.4 Å². The fourth-order valence-corrected chi connectivity index (χ4v) is 4.26. The standard InChI is InChI=1S/C14H20N4O4.C10H19NO2.C5H3BrN2O2/c1-14(2,3)22-13(19)17-8-6-16(7-9-17)11-4-5-12(15-10-11)18(20)21;1-10(2,3)13-9(12)11-7-5-4-6-8-11;6-4-1-2-5(7-3-4)8(9)10/h4-5,10H,6-9H2,1-3H3;4-8H2,1-3H3;1-3H. The van der Waals surface area contributed by atoms with Crippen molar-refractivity contribution in [3.05, 3.63) is 61.4 Å². The van der Waals surface area contributed by atoms with E-state index in [1.165, 1.54) is 30.9 Å². The Morgan fingerprint density at radius 1 is 0.711 bits per heavy atom. The normalized spacial score (nSPS) is 15.0. The van der Waals surface area contributed by atoms with Crippen LogP contribution >= 0.6 is 15.9 Å². The number of anilines is 1. The first kappa shape index (κ1) is 37.1. The molecule has 0 saturated carbocycles. The van der Waals surface area contributed by atoms with E-state index in [2.05, 4.69) is 25.9 Å². The third kappa shape index (κ3) is 14.0. The Morgan fingerprint density at radius 2 is 1.16 bits per heavy atom. The van der Waals surface area contributed by atoms with Crippen LogP contribution in [0.4, 0.5) is 26.9 Å². The fourth-order valence-electron chi connectivity index (χ4n) is 4.03. The quantitative estimate of drug-likeness (QED) is 0.264. The minimum atomic E-state index is -0.535. The summed E-state index contributed by atoms with van der Waals surface area (Å²) in [6, 6.07) is 5.97. The summed E-state index contributed by atoms with van der Waals surface area (Å²) in [7, 11) is 0. The van der Waals surface area contributed by atoms with Crippen molar-refractivity contribution >= 4 is 45.4 Å². The average Bonchev–Trinajstić information content (AvgIpc) is 2.97. The monoisotopic (exact) mass is 695 g/mol. The van der Waals surface area contributed by atoms with Crippen molar-refractivity contribution in [1.29, 1.82) is 0 Å². The third-order valence-corrected chi connectivity index (χ3v) is 6.59. The summed E-state index contributed by atoms with van der Waals surface area (Å²) in [5, 5.41) is 20.6. The molecule has 2 aliphatic heterocycles. The highest BCUT2D eigenvalue weighted by atomic mass is 79.9. The number of piperidine rings is 1. The molecule has 0 unspecified atom stereocenters. The molecule has 4 heterocycles. The first-order valence-electron chi connectivity index (χ1n) is 14.5. The number of carbonyl (C=O) groups excluding carboxylic acids is 2. The van der Waals surface area contributed by atoms with Crippen LogP contribution in [0.25, 0.3) is 0 Å². The van der Waals surface area contributed by atoms with Crippen LogP contribution in [0, 0.1) is 20.2 Å².